The number of aryl methyl sites for hydroxylation is 5. The Hall–Kier alpha value is -12.0. The number of carbonyl (C=O) groups is 3. The molecule has 0 atom stereocenters. The van der Waals surface area contributed by atoms with Crippen LogP contribution in [0.4, 0.5) is 70.3 Å². The number of rotatable bonds is 20. The van der Waals surface area contributed by atoms with Gasteiger partial charge in [0.05, 0.1) is 45.9 Å². The molecule has 0 spiro atoms. The quantitative estimate of drug-likeness (QED) is 0.0414. The second-order valence-electron chi connectivity index (χ2n) is 26.2. The van der Waals surface area contributed by atoms with Crippen molar-refractivity contribution < 1.29 is 27.6 Å². The summed E-state index contributed by atoms with van der Waals surface area (Å²) in [6.45, 7) is 21.9. The van der Waals surface area contributed by atoms with E-state index in [1.807, 2.05) is 113 Å². The number of imidazole rings is 1. The number of aromatic nitrogens is 11. The van der Waals surface area contributed by atoms with Crippen molar-refractivity contribution >= 4 is 97.8 Å². The number of piperazine rings is 2. The lowest BCUT2D eigenvalue weighted by atomic mass is 10.1. The summed E-state index contributed by atoms with van der Waals surface area (Å²) in [4.78, 5) is 92.4. The number of likely N-dealkylation sites (N-methyl/N-ethyl adjacent to an activating group) is 1. The number of halogens is 4. The van der Waals surface area contributed by atoms with Gasteiger partial charge in [-0.2, -0.15) is 13.2 Å². The lowest BCUT2D eigenvalue weighted by Crippen LogP contribution is -2.46. The normalized spacial score (nSPS) is 13.3. The van der Waals surface area contributed by atoms with E-state index in [9.17, 15) is 27.6 Å². The molecule has 109 heavy (non-hydrogen) atoms. The largest absolute Gasteiger partial charge is 0.416 e. The summed E-state index contributed by atoms with van der Waals surface area (Å²) in [5.41, 5.74) is 10.7. The van der Waals surface area contributed by atoms with Crippen molar-refractivity contribution in [2.45, 2.75) is 60.7 Å². The topological polar surface area (TPSA) is 270 Å². The van der Waals surface area contributed by atoms with Gasteiger partial charge < -0.3 is 46.3 Å². The highest BCUT2D eigenvalue weighted by Crippen LogP contribution is 2.35. The van der Waals surface area contributed by atoms with Gasteiger partial charge in [-0.05, 0) is 174 Å². The van der Waals surface area contributed by atoms with Gasteiger partial charge in [-0.15, -0.1) is 0 Å². The molecule has 0 unspecified atom stereocenters. The fourth-order valence-corrected chi connectivity index (χ4v) is 12.9. The van der Waals surface area contributed by atoms with Crippen LogP contribution in [-0.2, 0) is 12.7 Å². The van der Waals surface area contributed by atoms with Crippen LogP contribution in [0.5, 0.6) is 0 Å². The fourth-order valence-electron chi connectivity index (χ4n) is 12.0. The van der Waals surface area contributed by atoms with Crippen LogP contribution in [0.15, 0.2) is 195 Å². The highest BCUT2D eigenvalue weighted by atomic mass is 35.5. The number of nitrogens with one attached hydrogen (secondary N) is 6. The Morgan fingerprint density at radius 2 is 1.19 bits per heavy atom. The van der Waals surface area contributed by atoms with Gasteiger partial charge in [0, 0.05) is 159 Å². The molecular weight excluding hydrogens is 1430 g/mol. The maximum absolute atomic E-state index is 13.6. The van der Waals surface area contributed by atoms with Crippen LogP contribution in [-0.4, -0.2) is 153 Å². The lowest BCUT2D eigenvalue weighted by molar-refractivity contribution is -0.137. The van der Waals surface area contributed by atoms with Gasteiger partial charge in [0.25, 0.3) is 17.7 Å². The number of pyridine rings is 2. The minimum atomic E-state index is -4.60. The van der Waals surface area contributed by atoms with E-state index >= 15 is 0 Å². The second kappa shape index (κ2) is 35.6. The Labute approximate surface area is 638 Å². The van der Waals surface area contributed by atoms with Gasteiger partial charge in [0.1, 0.15) is 22.3 Å². The third-order valence-electron chi connectivity index (χ3n) is 17.9. The number of alkyl halides is 3. The molecule has 14 rings (SSSR count). The monoisotopic (exact) mass is 1510 g/mol. The fraction of sp³-hybridized carbons (Fsp3) is 0.237. The zero-order valence-electron chi connectivity index (χ0n) is 61.1. The van der Waals surface area contributed by atoms with Crippen LogP contribution in [0.2, 0.25) is 5.02 Å². The molecule has 2 aliphatic heterocycles. The molecule has 7 aromatic heterocycles. The number of para-hydroxylation sites is 1. The number of carbonyl (C=O) groups excluding carboxylic acids is 3. The Morgan fingerprint density at radius 1 is 0.560 bits per heavy atom. The van der Waals surface area contributed by atoms with E-state index in [2.05, 4.69) is 115 Å². The molecule has 3 amide bonds. The molecule has 0 bridgehead atoms. The summed E-state index contributed by atoms with van der Waals surface area (Å²) in [6.07, 6.45) is 11.3. The first-order valence-electron chi connectivity index (χ1n) is 35.3. The maximum Gasteiger partial charge on any atom is 0.416 e. The van der Waals surface area contributed by atoms with Crippen LogP contribution in [0.25, 0.3) is 28.2 Å². The molecule has 9 heterocycles. The van der Waals surface area contributed by atoms with E-state index in [0.29, 0.717) is 72.6 Å². The molecule has 5 aromatic carbocycles. The van der Waals surface area contributed by atoms with Gasteiger partial charge >= 0.3 is 6.18 Å². The first-order valence-corrected chi connectivity index (χ1v) is 36.5. The number of anilines is 10. The van der Waals surface area contributed by atoms with Crippen molar-refractivity contribution in [2.75, 3.05) is 103 Å². The molecule has 0 saturated carbocycles. The summed E-state index contributed by atoms with van der Waals surface area (Å²) < 4.78 is 42.3. The van der Waals surface area contributed by atoms with Crippen molar-refractivity contribution in [1.29, 1.82) is 0 Å². The number of nitrogens with zero attached hydrogens (tertiary/aromatic N) is 15. The molecule has 2 saturated heterocycles. The maximum atomic E-state index is 13.6. The van der Waals surface area contributed by atoms with Crippen LogP contribution in [0.1, 0.15) is 83.1 Å². The van der Waals surface area contributed by atoms with Crippen molar-refractivity contribution in [3.05, 3.63) is 256 Å². The highest BCUT2D eigenvalue weighted by Gasteiger charge is 2.32. The molecule has 24 nitrogen and oxygen atoms in total. The molecule has 2 fully saturated rings. The van der Waals surface area contributed by atoms with Crippen LogP contribution in [0.3, 0.4) is 0 Å². The average molecular weight is 1510 g/mol. The van der Waals surface area contributed by atoms with Gasteiger partial charge in [-0.1, -0.05) is 66.3 Å². The van der Waals surface area contributed by atoms with Crippen molar-refractivity contribution in [3.8, 4) is 28.2 Å². The van der Waals surface area contributed by atoms with Gasteiger partial charge in [-0.3, -0.25) is 34.2 Å². The minimum absolute atomic E-state index is 0.00114. The Morgan fingerprint density at radius 3 is 1.82 bits per heavy atom. The highest BCUT2D eigenvalue weighted by molar-refractivity contribution is 7.17. The zero-order valence-corrected chi connectivity index (χ0v) is 62.7. The number of hydrogen-bond acceptors (Lipinski definition) is 21. The predicted molar refractivity (Wildman–Crippen MR) is 423 cm³/mol. The standard InChI is InChI=1S/C29H31N7O.C28H22F3N7O.C23H28ClN7OS/c1-21-5-10-25(18-27(21)34-29-31-13-11-26(33-29)24-4-3-12-30-19-24)32-28(37)23-8-6-22(7-9-23)20-36-16-14-35(2)15-17-36;1-17-5-6-19(10-25(17)37-27-33-9-7-24(36-27)20-4-3-8-32-14-20)26(39)35-22-11-21(28(29,30)31)12-23(13-22)38-15-18(2)34-16-38;1-4-8-30-9-11-31(12-10-30)20-13-19(26-16(3)27-20)28-23-25-14-18(33-23)22(32)29-21-15(2)6-5-7-17(21)24/h3-13,18-19H,14-17,20H2,1-2H3,(H,32,37)(H,31,33,34);3-16H,1-2H3,(H,35,39)(H,33,36,37);5-7,13-14H,4,8-12H2,1-3H3,(H,29,32)(H,25,26,27,28). The second-order valence-corrected chi connectivity index (χ2v) is 27.7. The molecular formula is C80H81ClF3N21O3S. The summed E-state index contributed by atoms with van der Waals surface area (Å²) in [6, 6.07) is 40.5. The Bertz CT molecular complexity index is 5110. The van der Waals surface area contributed by atoms with Gasteiger partial charge in [0.15, 0.2) is 5.13 Å². The SMILES string of the molecule is CCCN1CCN(c2cc(Nc3ncc(C(=O)Nc4c(C)cccc4Cl)s3)nc(C)n2)CC1.Cc1ccc(NC(=O)c2ccc(CN3CCN(C)CC3)cc2)cc1Nc1nccc(-c2cccnc2)n1.Cc1cn(-c2cc(NC(=O)c3ccc(C)c(Nc4nccc(-c5cccnc5)n4)c3)cc(C(F)(F)F)c2)cn1. The molecule has 2 aliphatic rings. The van der Waals surface area contributed by atoms with Crippen LogP contribution < -0.4 is 36.8 Å². The molecule has 29 heteroatoms. The number of amides is 3. The third-order valence-corrected chi connectivity index (χ3v) is 19.2. The first-order chi connectivity index (χ1) is 52.6. The van der Waals surface area contributed by atoms with E-state index < -0.39 is 17.6 Å². The molecule has 6 N–H and O–H groups in total. The Kier molecular flexibility index (Phi) is 25.1. The van der Waals surface area contributed by atoms with Crippen LogP contribution in [0, 0.1) is 34.6 Å². The van der Waals surface area contributed by atoms with E-state index in [1.165, 1.54) is 40.3 Å². The lowest BCUT2D eigenvalue weighted by Gasteiger charge is -2.35. The van der Waals surface area contributed by atoms with E-state index in [1.54, 1.807) is 92.9 Å². The van der Waals surface area contributed by atoms with E-state index in [0.717, 1.165) is 123 Å². The van der Waals surface area contributed by atoms with Crippen molar-refractivity contribution in [3.63, 3.8) is 0 Å². The van der Waals surface area contributed by atoms with E-state index in [-0.39, 0.29) is 28.8 Å². The van der Waals surface area contributed by atoms with Crippen molar-refractivity contribution in [1.82, 2.24) is 69.1 Å². The summed E-state index contributed by atoms with van der Waals surface area (Å²) in [7, 11) is 2.16. The van der Waals surface area contributed by atoms with Crippen molar-refractivity contribution in [2.24, 2.45) is 0 Å². The first kappa shape index (κ1) is 76.7. The molecule has 0 radical (unpaired) electrons. The van der Waals surface area contributed by atoms with Crippen LogP contribution >= 0.6 is 22.9 Å². The third kappa shape index (κ3) is 21.0. The van der Waals surface area contributed by atoms with Gasteiger partial charge in [-0.25, -0.2) is 39.9 Å². The van der Waals surface area contributed by atoms with Gasteiger partial charge in [0.2, 0.25) is 11.9 Å². The average Bonchev–Trinajstić information content (AvgIpc) is 1.60. The predicted octanol–water partition coefficient (Wildman–Crippen LogP) is 15.7. The smallest absolute Gasteiger partial charge is 0.354 e. The number of benzene rings is 5. The zero-order chi connectivity index (χ0) is 76.6. The summed E-state index contributed by atoms with van der Waals surface area (Å²) in [5, 5.41) is 19.2. The van der Waals surface area contributed by atoms with E-state index in [4.69, 9.17) is 11.6 Å². The summed E-state index contributed by atoms with van der Waals surface area (Å²) in [5.74, 6) is 2.09. The molecule has 0 aliphatic carbocycles. The number of thiazole rings is 1. The summed E-state index contributed by atoms with van der Waals surface area (Å²) >= 11 is 7.49. The number of hydrogen-bond donors (Lipinski definition) is 6. The minimum Gasteiger partial charge on any atom is -0.354 e. The Balaban J connectivity index is 0.000000153. The molecule has 558 valence electrons. The molecule has 12 aromatic rings.